The highest BCUT2D eigenvalue weighted by Gasteiger charge is 2.34. The molecule has 0 bridgehead atoms. The molecule has 1 aliphatic carbocycles. The molecule has 2 fully saturated rings. The Morgan fingerprint density at radius 2 is 2.00 bits per heavy atom. The number of nitrogen functional groups attached to an aromatic ring is 1. The van der Waals surface area contributed by atoms with E-state index in [2.05, 4.69) is 10.2 Å². The van der Waals surface area contributed by atoms with E-state index in [1.54, 1.807) is 7.05 Å². The number of carbonyl (C=O) groups is 1. The number of hydrogen-bond acceptors (Lipinski definition) is 3. The van der Waals surface area contributed by atoms with Crippen molar-refractivity contribution in [2.45, 2.75) is 44.6 Å². The maximum absolute atomic E-state index is 12.2. The number of rotatable bonds is 2. The maximum Gasteiger partial charge on any atom is 0.253 e. The van der Waals surface area contributed by atoms with Gasteiger partial charge in [0.05, 0.1) is 11.3 Å². The van der Waals surface area contributed by atoms with E-state index in [-0.39, 0.29) is 5.91 Å². The van der Waals surface area contributed by atoms with Gasteiger partial charge < -0.3 is 16.0 Å². The third kappa shape index (κ3) is 2.71. The van der Waals surface area contributed by atoms with Gasteiger partial charge in [0.2, 0.25) is 0 Å². The highest BCUT2D eigenvalue weighted by Crippen LogP contribution is 2.39. The molecule has 114 valence electrons. The van der Waals surface area contributed by atoms with Crippen LogP contribution in [0.3, 0.4) is 0 Å². The molecule has 2 unspecified atom stereocenters. The number of amides is 1. The first-order chi connectivity index (χ1) is 10.2. The SMILES string of the molecule is CNC(=O)c1ccc(N)cc1N1CCCC2CCCCC21. The summed E-state index contributed by atoms with van der Waals surface area (Å²) < 4.78 is 0. The Morgan fingerprint density at radius 3 is 2.81 bits per heavy atom. The van der Waals surface area contributed by atoms with Crippen LogP contribution in [0.5, 0.6) is 0 Å². The molecule has 1 saturated carbocycles. The lowest BCUT2D eigenvalue weighted by molar-refractivity contribution is 0.0963. The molecule has 0 radical (unpaired) electrons. The van der Waals surface area contributed by atoms with E-state index in [9.17, 15) is 4.79 Å². The van der Waals surface area contributed by atoms with Crippen LogP contribution in [-0.2, 0) is 0 Å². The van der Waals surface area contributed by atoms with Crippen molar-refractivity contribution in [3.8, 4) is 0 Å². The van der Waals surface area contributed by atoms with Gasteiger partial charge in [-0.05, 0) is 49.8 Å². The predicted octanol–water partition coefficient (Wildman–Crippen LogP) is 2.79. The zero-order valence-electron chi connectivity index (χ0n) is 12.8. The van der Waals surface area contributed by atoms with E-state index in [1.165, 1.54) is 38.5 Å². The van der Waals surface area contributed by atoms with Crippen molar-refractivity contribution < 1.29 is 4.79 Å². The third-order valence-electron chi connectivity index (χ3n) is 5.05. The van der Waals surface area contributed by atoms with Crippen molar-refractivity contribution in [1.29, 1.82) is 0 Å². The van der Waals surface area contributed by atoms with Crippen LogP contribution in [0.2, 0.25) is 0 Å². The number of nitrogens with two attached hydrogens (primary N) is 1. The second-order valence-corrected chi connectivity index (χ2v) is 6.30. The Hall–Kier alpha value is -1.71. The Morgan fingerprint density at radius 1 is 1.24 bits per heavy atom. The monoisotopic (exact) mass is 287 g/mol. The molecular formula is C17H25N3O. The fourth-order valence-electron chi connectivity index (χ4n) is 4.04. The van der Waals surface area contributed by atoms with Crippen LogP contribution in [0, 0.1) is 5.92 Å². The summed E-state index contributed by atoms with van der Waals surface area (Å²) in [6.07, 6.45) is 7.77. The van der Waals surface area contributed by atoms with Crippen LogP contribution >= 0.6 is 0 Å². The molecule has 1 heterocycles. The number of nitrogens with zero attached hydrogens (tertiary/aromatic N) is 1. The van der Waals surface area contributed by atoms with Gasteiger partial charge in [-0.15, -0.1) is 0 Å². The van der Waals surface area contributed by atoms with Gasteiger partial charge in [-0.1, -0.05) is 12.8 Å². The Bertz CT molecular complexity index is 527. The molecule has 1 aliphatic heterocycles. The minimum Gasteiger partial charge on any atom is -0.399 e. The zero-order chi connectivity index (χ0) is 14.8. The van der Waals surface area contributed by atoms with Gasteiger partial charge in [0, 0.05) is 25.3 Å². The summed E-state index contributed by atoms with van der Waals surface area (Å²) in [5, 5.41) is 2.75. The predicted molar refractivity (Wildman–Crippen MR) is 86.6 cm³/mol. The topological polar surface area (TPSA) is 58.4 Å². The lowest BCUT2D eigenvalue weighted by Crippen LogP contribution is -2.47. The molecule has 1 aromatic rings. The number of hydrogen-bond donors (Lipinski definition) is 2. The Balaban J connectivity index is 1.97. The first kappa shape index (κ1) is 14.2. The van der Waals surface area contributed by atoms with Crippen LogP contribution in [0.15, 0.2) is 18.2 Å². The highest BCUT2D eigenvalue weighted by molar-refractivity contribution is 6.00. The lowest BCUT2D eigenvalue weighted by Gasteiger charge is -2.46. The minimum atomic E-state index is -0.0251. The molecule has 3 rings (SSSR count). The van der Waals surface area contributed by atoms with Crippen molar-refractivity contribution >= 4 is 17.3 Å². The molecule has 1 aromatic carbocycles. The van der Waals surface area contributed by atoms with Crippen molar-refractivity contribution in [3.05, 3.63) is 23.8 Å². The quantitative estimate of drug-likeness (QED) is 0.822. The fourth-order valence-corrected chi connectivity index (χ4v) is 4.04. The van der Waals surface area contributed by atoms with Crippen LogP contribution in [-0.4, -0.2) is 25.5 Å². The molecule has 2 atom stereocenters. The molecule has 3 N–H and O–H groups in total. The summed E-state index contributed by atoms with van der Waals surface area (Å²) in [6, 6.07) is 6.23. The molecule has 0 spiro atoms. The third-order valence-corrected chi connectivity index (χ3v) is 5.05. The van der Waals surface area contributed by atoms with E-state index in [1.807, 2.05) is 18.2 Å². The van der Waals surface area contributed by atoms with Crippen molar-refractivity contribution in [2.24, 2.45) is 5.92 Å². The van der Waals surface area contributed by atoms with E-state index in [4.69, 9.17) is 5.73 Å². The molecule has 4 heteroatoms. The van der Waals surface area contributed by atoms with Gasteiger partial charge >= 0.3 is 0 Å². The molecule has 1 saturated heterocycles. The summed E-state index contributed by atoms with van der Waals surface area (Å²) in [5.41, 5.74) is 8.48. The fraction of sp³-hybridized carbons (Fsp3) is 0.588. The Kier molecular flexibility index (Phi) is 4.04. The molecule has 0 aromatic heterocycles. The van der Waals surface area contributed by atoms with Crippen molar-refractivity contribution in [2.75, 3.05) is 24.2 Å². The van der Waals surface area contributed by atoms with Gasteiger partial charge in [-0.2, -0.15) is 0 Å². The zero-order valence-corrected chi connectivity index (χ0v) is 12.8. The van der Waals surface area contributed by atoms with Gasteiger partial charge in [0.1, 0.15) is 0 Å². The second-order valence-electron chi connectivity index (χ2n) is 6.30. The average molecular weight is 287 g/mol. The number of carbonyl (C=O) groups excluding carboxylic acids is 1. The van der Waals surface area contributed by atoms with Gasteiger partial charge in [-0.3, -0.25) is 4.79 Å². The first-order valence-electron chi connectivity index (χ1n) is 8.09. The molecule has 2 aliphatic rings. The van der Waals surface area contributed by atoms with Crippen molar-refractivity contribution in [1.82, 2.24) is 5.32 Å². The lowest BCUT2D eigenvalue weighted by atomic mass is 9.78. The van der Waals surface area contributed by atoms with Crippen LogP contribution < -0.4 is 16.0 Å². The molecular weight excluding hydrogens is 262 g/mol. The highest BCUT2D eigenvalue weighted by atomic mass is 16.1. The number of benzene rings is 1. The molecule has 1 amide bonds. The van der Waals surface area contributed by atoms with E-state index in [0.29, 0.717) is 6.04 Å². The summed E-state index contributed by atoms with van der Waals surface area (Å²) >= 11 is 0. The van der Waals surface area contributed by atoms with Crippen molar-refractivity contribution in [3.63, 3.8) is 0 Å². The average Bonchev–Trinajstić information content (AvgIpc) is 2.53. The Labute approximate surface area is 126 Å². The van der Waals surface area contributed by atoms with E-state index < -0.39 is 0 Å². The van der Waals surface area contributed by atoms with Crippen LogP contribution in [0.4, 0.5) is 11.4 Å². The van der Waals surface area contributed by atoms with Gasteiger partial charge in [-0.25, -0.2) is 0 Å². The summed E-state index contributed by atoms with van der Waals surface area (Å²) in [5.74, 6) is 0.759. The summed E-state index contributed by atoms with van der Waals surface area (Å²) in [4.78, 5) is 14.6. The number of anilines is 2. The number of fused-ring (bicyclic) bond motifs is 1. The van der Waals surface area contributed by atoms with Crippen LogP contribution in [0.25, 0.3) is 0 Å². The van der Waals surface area contributed by atoms with E-state index in [0.717, 1.165) is 29.4 Å². The minimum absolute atomic E-state index is 0.0251. The van der Waals surface area contributed by atoms with Crippen LogP contribution in [0.1, 0.15) is 48.9 Å². The smallest absolute Gasteiger partial charge is 0.253 e. The first-order valence-corrected chi connectivity index (χ1v) is 8.09. The summed E-state index contributed by atoms with van der Waals surface area (Å²) in [7, 11) is 1.68. The van der Waals surface area contributed by atoms with Gasteiger partial charge in [0.15, 0.2) is 0 Å². The number of nitrogens with one attached hydrogen (secondary N) is 1. The summed E-state index contributed by atoms with van der Waals surface area (Å²) in [6.45, 7) is 1.04. The molecule has 21 heavy (non-hydrogen) atoms. The standard InChI is InChI=1S/C17H25N3O/c1-19-17(21)14-9-8-13(18)11-16(14)20-10-4-6-12-5-2-3-7-15(12)20/h8-9,11-12,15H,2-7,10,18H2,1H3,(H,19,21). The normalized spacial score (nSPS) is 25.3. The largest absolute Gasteiger partial charge is 0.399 e. The number of piperidine rings is 1. The maximum atomic E-state index is 12.2. The molecule has 4 nitrogen and oxygen atoms in total. The van der Waals surface area contributed by atoms with Gasteiger partial charge in [0.25, 0.3) is 5.91 Å². The van der Waals surface area contributed by atoms with E-state index >= 15 is 0 Å². The second kappa shape index (κ2) is 5.96.